The second-order valence-corrected chi connectivity index (χ2v) is 6.31. The van der Waals surface area contributed by atoms with Gasteiger partial charge in [0.15, 0.2) is 0 Å². The van der Waals surface area contributed by atoms with Gasteiger partial charge in [-0.2, -0.15) is 0 Å². The fourth-order valence-electron chi connectivity index (χ4n) is 2.58. The van der Waals surface area contributed by atoms with Crippen molar-refractivity contribution in [2.45, 2.75) is 33.2 Å². The van der Waals surface area contributed by atoms with Gasteiger partial charge in [0, 0.05) is 17.8 Å². The zero-order valence-electron chi connectivity index (χ0n) is 14.2. The van der Waals surface area contributed by atoms with Crippen LogP contribution in [0.3, 0.4) is 0 Å². The number of anilines is 2. The number of ether oxygens (including phenoxy) is 1. The Labute approximate surface area is 141 Å². The van der Waals surface area contributed by atoms with Gasteiger partial charge in [-0.1, -0.05) is 19.9 Å². The van der Waals surface area contributed by atoms with Crippen LogP contribution in [0.25, 0.3) is 0 Å². The summed E-state index contributed by atoms with van der Waals surface area (Å²) in [6.45, 7) is 7.18. The van der Waals surface area contributed by atoms with Gasteiger partial charge in [0.25, 0.3) is 0 Å². The van der Waals surface area contributed by atoms with E-state index in [2.05, 4.69) is 29.4 Å². The summed E-state index contributed by atoms with van der Waals surface area (Å²) < 4.78 is 10.7. The summed E-state index contributed by atoms with van der Waals surface area (Å²) in [5.74, 6) is 1.68. The summed E-state index contributed by atoms with van der Waals surface area (Å²) in [6.07, 6.45) is 0.460. The van der Waals surface area contributed by atoms with Crippen LogP contribution in [0.5, 0.6) is 0 Å². The second-order valence-electron chi connectivity index (χ2n) is 6.31. The summed E-state index contributed by atoms with van der Waals surface area (Å²) in [7, 11) is 0. The minimum atomic E-state index is -0.310. The van der Waals surface area contributed by atoms with E-state index in [9.17, 15) is 4.79 Å². The molecule has 0 saturated carbocycles. The smallest absolute Gasteiger partial charge is 0.414 e. The highest BCUT2D eigenvalue weighted by Crippen LogP contribution is 2.25. The van der Waals surface area contributed by atoms with Crippen LogP contribution in [0.4, 0.5) is 16.2 Å². The number of hydrogen-bond donors (Lipinski definition) is 1. The topological polar surface area (TPSA) is 80.5 Å². The monoisotopic (exact) mass is 330 g/mol. The van der Waals surface area contributed by atoms with Gasteiger partial charge >= 0.3 is 6.09 Å². The lowest BCUT2D eigenvalue weighted by Crippen LogP contribution is -2.23. The fourth-order valence-corrected chi connectivity index (χ4v) is 2.58. The second kappa shape index (κ2) is 6.90. The largest absolute Gasteiger partial charge is 0.447 e. The van der Waals surface area contributed by atoms with E-state index in [1.54, 1.807) is 4.90 Å². The van der Waals surface area contributed by atoms with Crippen LogP contribution in [0.2, 0.25) is 0 Å². The van der Waals surface area contributed by atoms with Gasteiger partial charge in [0.1, 0.15) is 12.6 Å². The van der Waals surface area contributed by atoms with Crippen molar-refractivity contribution in [2.75, 3.05) is 23.4 Å². The molecular weight excluding hydrogens is 308 g/mol. The molecule has 0 spiro atoms. The number of nitrogens with zero attached hydrogens (tertiary/aromatic N) is 3. The average Bonchev–Trinajstić information content (AvgIpc) is 3.16. The molecule has 0 bridgehead atoms. The van der Waals surface area contributed by atoms with Gasteiger partial charge in [0.05, 0.1) is 6.54 Å². The first-order valence-corrected chi connectivity index (χ1v) is 8.16. The number of hydrogen-bond acceptors (Lipinski definition) is 6. The number of rotatable bonds is 6. The first-order valence-electron chi connectivity index (χ1n) is 8.16. The van der Waals surface area contributed by atoms with Crippen molar-refractivity contribution in [3.8, 4) is 0 Å². The molecule has 0 radical (unpaired) electrons. The molecule has 24 heavy (non-hydrogen) atoms. The van der Waals surface area contributed by atoms with E-state index in [0.717, 1.165) is 17.8 Å². The maximum atomic E-state index is 11.7. The normalized spacial score (nSPS) is 15.7. The van der Waals surface area contributed by atoms with Gasteiger partial charge < -0.3 is 14.5 Å². The molecule has 1 aromatic carbocycles. The highest BCUT2D eigenvalue weighted by Gasteiger charge is 2.23. The summed E-state index contributed by atoms with van der Waals surface area (Å²) in [6, 6.07) is 7.50. The average molecular weight is 330 g/mol. The van der Waals surface area contributed by atoms with E-state index in [4.69, 9.17) is 9.15 Å². The SMILES string of the molecule is CC(C)Cc1nnc(C(C)Nc2cccc(N3CCOC3=O)c2)o1. The lowest BCUT2D eigenvalue weighted by Gasteiger charge is -2.16. The molecule has 0 aliphatic carbocycles. The molecule has 7 heteroatoms. The van der Waals surface area contributed by atoms with E-state index in [0.29, 0.717) is 30.9 Å². The fraction of sp³-hybridized carbons (Fsp3) is 0.471. The maximum Gasteiger partial charge on any atom is 0.414 e. The number of nitrogens with one attached hydrogen (secondary N) is 1. The van der Waals surface area contributed by atoms with Crippen LogP contribution >= 0.6 is 0 Å². The third-order valence-corrected chi connectivity index (χ3v) is 3.74. The van der Waals surface area contributed by atoms with Crippen molar-refractivity contribution >= 4 is 17.5 Å². The van der Waals surface area contributed by atoms with Crippen molar-refractivity contribution in [3.05, 3.63) is 36.0 Å². The Morgan fingerprint density at radius 1 is 1.29 bits per heavy atom. The highest BCUT2D eigenvalue weighted by molar-refractivity contribution is 5.89. The van der Waals surface area contributed by atoms with E-state index >= 15 is 0 Å². The van der Waals surface area contributed by atoms with Crippen LogP contribution in [0.15, 0.2) is 28.7 Å². The Balaban J connectivity index is 1.69. The highest BCUT2D eigenvalue weighted by atomic mass is 16.6. The zero-order valence-corrected chi connectivity index (χ0v) is 14.2. The zero-order chi connectivity index (χ0) is 17.1. The minimum Gasteiger partial charge on any atom is -0.447 e. The lowest BCUT2D eigenvalue weighted by molar-refractivity contribution is 0.181. The van der Waals surface area contributed by atoms with E-state index in [1.165, 1.54) is 0 Å². The van der Waals surface area contributed by atoms with Crippen molar-refractivity contribution in [3.63, 3.8) is 0 Å². The molecule has 2 aromatic rings. The molecular formula is C17H22N4O3. The first-order chi connectivity index (χ1) is 11.5. The predicted molar refractivity (Wildman–Crippen MR) is 90.0 cm³/mol. The van der Waals surface area contributed by atoms with Gasteiger partial charge in [-0.25, -0.2) is 4.79 Å². The Hall–Kier alpha value is -2.57. The quantitative estimate of drug-likeness (QED) is 0.874. The number of carbonyl (C=O) groups is 1. The molecule has 3 rings (SSSR count). The van der Waals surface area contributed by atoms with Crippen LogP contribution in [0.1, 0.15) is 38.6 Å². The molecule has 128 valence electrons. The Morgan fingerprint density at radius 2 is 2.12 bits per heavy atom. The first kappa shape index (κ1) is 16.3. The molecule has 1 aliphatic rings. The van der Waals surface area contributed by atoms with Gasteiger partial charge in [0.2, 0.25) is 11.8 Å². The molecule has 1 saturated heterocycles. The van der Waals surface area contributed by atoms with E-state index in [-0.39, 0.29) is 12.1 Å². The van der Waals surface area contributed by atoms with Crippen molar-refractivity contribution in [1.29, 1.82) is 0 Å². The molecule has 1 aromatic heterocycles. The lowest BCUT2D eigenvalue weighted by atomic mass is 10.1. The Morgan fingerprint density at radius 3 is 2.83 bits per heavy atom. The number of carbonyl (C=O) groups excluding carboxylic acids is 1. The van der Waals surface area contributed by atoms with Crippen molar-refractivity contribution in [1.82, 2.24) is 10.2 Å². The van der Waals surface area contributed by atoms with Crippen molar-refractivity contribution in [2.24, 2.45) is 5.92 Å². The third-order valence-electron chi connectivity index (χ3n) is 3.74. The van der Waals surface area contributed by atoms with Crippen LogP contribution in [-0.4, -0.2) is 29.4 Å². The molecule has 1 atom stereocenters. The van der Waals surface area contributed by atoms with Crippen LogP contribution in [-0.2, 0) is 11.2 Å². The molecule has 1 N–H and O–H groups in total. The third kappa shape index (κ3) is 3.67. The molecule has 2 heterocycles. The maximum absolute atomic E-state index is 11.7. The summed E-state index contributed by atoms with van der Waals surface area (Å²) >= 11 is 0. The molecule has 1 fully saturated rings. The van der Waals surface area contributed by atoms with Crippen LogP contribution < -0.4 is 10.2 Å². The van der Waals surface area contributed by atoms with E-state index < -0.39 is 0 Å². The molecule has 7 nitrogen and oxygen atoms in total. The van der Waals surface area contributed by atoms with Gasteiger partial charge in [-0.3, -0.25) is 4.90 Å². The molecule has 1 unspecified atom stereocenters. The number of benzene rings is 1. The van der Waals surface area contributed by atoms with Gasteiger partial charge in [-0.15, -0.1) is 10.2 Å². The molecule has 1 amide bonds. The number of aromatic nitrogens is 2. The van der Waals surface area contributed by atoms with E-state index in [1.807, 2.05) is 31.2 Å². The molecule has 1 aliphatic heterocycles. The van der Waals surface area contributed by atoms with Gasteiger partial charge in [-0.05, 0) is 31.0 Å². The van der Waals surface area contributed by atoms with Crippen molar-refractivity contribution < 1.29 is 13.9 Å². The predicted octanol–water partition coefficient (Wildman–Crippen LogP) is 3.40. The Kier molecular flexibility index (Phi) is 4.69. The Bertz CT molecular complexity index is 713. The number of amides is 1. The minimum absolute atomic E-state index is 0.126. The summed E-state index contributed by atoms with van der Waals surface area (Å²) in [5, 5.41) is 11.5. The van der Waals surface area contributed by atoms with Crippen LogP contribution in [0, 0.1) is 5.92 Å². The summed E-state index contributed by atoms with van der Waals surface area (Å²) in [4.78, 5) is 13.3. The number of cyclic esters (lactones) is 1. The standard InChI is InChI=1S/C17H22N4O3/c1-11(2)9-15-19-20-16(24-15)12(3)18-13-5-4-6-14(10-13)21-7-8-23-17(21)22/h4-6,10-12,18H,7-9H2,1-3H3. The summed E-state index contributed by atoms with van der Waals surface area (Å²) in [5.41, 5.74) is 1.68.